The molecule has 3 rings (SSSR count). The van der Waals surface area contributed by atoms with Crippen LogP contribution in [0.25, 0.3) is 0 Å². The second kappa shape index (κ2) is 9.59. The Kier molecular flexibility index (Phi) is 6.91. The van der Waals surface area contributed by atoms with Crippen molar-refractivity contribution >= 4 is 11.8 Å². The van der Waals surface area contributed by atoms with Gasteiger partial charge in [-0.25, -0.2) is 0 Å². The van der Waals surface area contributed by atoms with Crippen molar-refractivity contribution < 1.29 is 14.3 Å². The van der Waals surface area contributed by atoms with Crippen molar-refractivity contribution in [3.05, 3.63) is 65.2 Å². The molecule has 2 amide bonds. The van der Waals surface area contributed by atoms with Crippen LogP contribution in [0.3, 0.4) is 0 Å². The summed E-state index contributed by atoms with van der Waals surface area (Å²) in [5, 5.41) is 6.08. The molecule has 5 heteroatoms. The number of hydrogen-bond donors (Lipinski definition) is 2. The predicted octanol–water partition coefficient (Wildman–Crippen LogP) is 4.03. The van der Waals surface area contributed by atoms with Gasteiger partial charge in [0.2, 0.25) is 5.91 Å². The van der Waals surface area contributed by atoms with E-state index in [-0.39, 0.29) is 23.8 Å². The summed E-state index contributed by atoms with van der Waals surface area (Å²) in [7, 11) is 1.59. The Morgan fingerprint density at radius 2 is 1.72 bits per heavy atom. The molecule has 0 aromatic heterocycles. The Bertz CT molecular complexity index is 828. The molecule has 1 aliphatic carbocycles. The maximum absolute atomic E-state index is 12.7. The summed E-state index contributed by atoms with van der Waals surface area (Å²) in [5.74, 6) is 0.873. The van der Waals surface area contributed by atoms with Gasteiger partial charge in [-0.3, -0.25) is 9.59 Å². The Labute approximate surface area is 172 Å². The first-order valence-corrected chi connectivity index (χ1v) is 10.3. The average molecular weight is 395 g/mol. The summed E-state index contributed by atoms with van der Waals surface area (Å²) in [6.07, 6.45) is 2.56. The van der Waals surface area contributed by atoms with Gasteiger partial charge in [0, 0.05) is 18.2 Å². The van der Waals surface area contributed by atoms with Gasteiger partial charge in [0.05, 0.1) is 13.0 Å². The van der Waals surface area contributed by atoms with Gasteiger partial charge in [0.1, 0.15) is 5.75 Å². The summed E-state index contributed by atoms with van der Waals surface area (Å²) >= 11 is 0. The highest BCUT2D eigenvalue weighted by atomic mass is 16.5. The number of nitrogens with one attached hydrogen (secondary N) is 2. The number of carbonyl (C=O) groups excluding carboxylic acids is 2. The lowest BCUT2D eigenvalue weighted by atomic mass is 10.0. The minimum atomic E-state index is -0.188. The lowest BCUT2D eigenvalue weighted by molar-refractivity contribution is -0.125. The number of amides is 2. The quantitative estimate of drug-likeness (QED) is 0.745. The molecule has 2 aromatic rings. The van der Waals surface area contributed by atoms with Crippen molar-refractivity contribution in [2.75, 3.05) is 7.11 Å². The van der Waals surface area contributed by atoms with Crippen LogP contribution in [0.4, 0.5) is 0 Å². The molecule has 29 heavy (non-hydrogen) atoms. The second-order valence-corrected chi connectivity index (χ2v) is 7.96. The zero-order chi connectivity index (χ0) is 20.8. The standard InChI is InChI=1S/C24H30N2O3/c1-16(2)18-9-7-17(8-10-18)15-25-24(28)21-5-4-6-22(21)26-23(27)19-11-13-20(29-3)14-12-19/h7-14,16,21-22H,4-6,15H2,1-3H3,(H,25,28)(H,26,27)/t21-,22+/m0/s1. The molecule has 0 spiro atoms. The molecule has 154 valence electrons. The fourth-order valence-electron chi connectivity index (χ4n) is 3.78. The van der Waals surface area contributed by atoms with Gasteiger partial charge in [-0.1, -0.05) is 44.5 Å². The third-order valence-corrected chi connectivity index (χ3v) is 5.63. The van der Waals surface area contributed by atoms with Crippen molar-refractivity contribution in [3.63, 3.8) is 0 Å². The van der Waals surface area contributed by atoms with Crippen molar-refractivity contribution in [2.45, 2.75) is 51.6 Å². The van der Waals surface area contributed by atoms with Crippen molar-refractivity contribution in [3.8, 4) is 5.75 Å². The summed E-state index contributed by atoms with van der Waals surface area (Å²) < 4.78 is 5.13. The van der Waals surface area contributed by atoms with Crippen LogP contribution in [0.1, 0.15) is 60.5 Å². The van der Waals surface area contributed by atoms with Crippen molar-refractivity contribution in [2.24, 2.45) is 5.92 Å². The van der Waals surface area contributed by atoms with Gasteiger partial charge in [0.25, 0.3) is 5.91 Å². The lowest BCUT2D eigenvalue weighted by Crippen LogP contribution is -2.43. The van der Waals surface area contributed by atoms with Crippen LogP contribution in [0.5, 0.6) is 5.75 Å². The molecule has 2 atom stereocenters. The van der Waals surface area contributed by atoms with Crippen LogP contribution in [0.15, 0.2) is 48.5 Å². The van der Waals surface area contributed by atoms with Crippen LogP contribution >= 0.6 is 0 Å². The van der Waals surface area contributed by atoms with Gasteiger partial charge in [0.15, 0.2) is 0 Å². The first-order chi connectivity index (χ1) is 14.0. The molecular weight excluding hydrogens is 364 g/mol. The van der Waals surface area contributed by atoms with Gasteiger partial charge < -0.3 is 15.4 Å². The van der Waals surface area contributed by atoms with Gasteiger partial charge in [-0.2, -0.15) is 0 Å². The molecular formula is C24H30N2O3. The van der Waals surface area contributed by atoms with Crippen LogP contribution in [-0.4, -0.2) is 25.0 Å². The topological polar surface area (TPSA) is 67.4 Å². The van der Waals surface area contributed by atoms with Crippen LogP contribution < -0.4 is 15.4 Å². The highest BCUT2D eigenvalue weighted by Gasteiger charge is 2.34. The largest absolute Gasteiger partial charge is 0.497 e. The van der Waals surface area contributed by atoms with E-state index in [0.717, 1.165) is 24.8 Å². The van der Waals surface area contributed by atoms with E-state index in [2.05, 4.69) is 48.7 Å². The molecule has 1 saturated carbocycles. The van der Waals surface area contributed by atoms with Gasteiger partial charge in [-0.15, -0.1) is 0 Å². The summed E-state index contributed by atoms with van der Waals surface area (Å²) in [6.45, 7) is 4.83. The summed E-state index contributed by atoms with van der Waals surface area (Å²) in [6, 6.07) is 15.2. The van der Waals surface area contributed by atoms with E-state index in [0.29, 0.717) is 23.8 Å². The molecule has 5 nitrogen and oxygen atoms in total. The molecule has 2 N–H and O–H groups in total. The van der Waals surface area contributed by atoms with Crippen molar-refractivity contribution in [1.82, 2.24) is 10.6 Å². The molecule has 1 aliphatic rings. The minimum absolute atomic E-state index is 0.00969. The molecule has 1 fully saturated rings. The number of hydrogen-bond acceptors (Lipinski definition) is 3. The normalized spacial score (nSPS) is 18.5. The molecule has 2 aromatic carbocycles. The molecule has 0 bridgehead atoms. The molecule has 0 heterocycles. The van der Waals surface area contributed by atoms with Gasteiger partial charge in [-0.05, 0) is 54.2 Å². The lowest BCUT2D eigenvalue weighted by Gasteiger charge is -2.21. The summed E-state index contributed by atoms with van der Waals surface area (Å²) in [5.41, 5.74) is 2.94. The van der Waals surface area contributed by atoms with Crippen molar-refractivity contribution in [1.29, 1.82) is 0 Å². The maximum atomic E-state index is 12.7. The Hall–Kier alpha value is -2.82. The fourth-order valence-corrected chi connectivity index (χ4v) is 3.78. The van der Waals surface area contributed by atoms with E-state index in [1.807, 2.05) is 0 Å². The number of ether oxygens (including phenoxy) is 1. The molecule has 0 unspecified atom stereocenters. The second-order valence-electron chi connectivity index (χ2n) is 7.96. The molecule has 0 radical (unpaired) electrons. The van der Waals surface area contributed by atoms with E-state index in [9.17, 15) is 9.59 Å². The van der Waals surface area contributed by atoms with E-state index < -0.39 is 0 Å². The zero-order valence-corrected chi connectivity index (χ0v) is 17.4. The molecule has 0 saturated heterocycles. The molecule has 0 aliphatic heterocycles. The van der Waals surface area contributed by atoms with E-state index in [4.69, 9.17) is 4.74 Å². The third kappa shape index (κ3) is 5.37. The van der Waals surface area contributed by atoms with Crippen LogP contribution in [0, 0.1) is 5.92 Å². The van der Waals surface area contributed by atoms with E-state index in [1.165, 1.54) is 5.56 Å². The number of methoxy groups -OCH3 is 1. The monoisotopic (exact) mass is 394 g/mol. The smallest absolute Gasteiger partial charge is 0.251 e. The Morgan fingerprint density at radius 1 is 1.03 bits per heavy atom. The predicted molar refractivity (Wildman–Crippen MR) is 114 cm³/mol. The summed E-state index contributed by atoms with van der Waals surface area (Å²) in [4.78, 5) is 25.3. The highest BCUT2D eigenvalue weighted by molar-refractivity contribution is 5.95. The fraction of sp³-hybridized carbons (Fsp3) is 0.417. The zero-order valence-electron chi connectivity index (χ0n) is 17.4. The van der Waals surface area contributed by atoms with Crippen LogP contribution in [0.2, 0.25) is 0 Å². The average Bonchev–Trinajstić information content (AvgIpc) is 3.20. The first kappa shape index (κ1) is 20.9. The number of carbonyl (C=O) groups is 2. The number of rotatable bonds is 7. The SMILES string of the molecule is COc1ccc(C(=O)N[C@@H]2CCC[C@@H]2C(=O)NCc2ccc(C(C)C)cc2)cc1. The third-order valence-electron chi connectivity index (χ3n) is 5.63. The van der Waals surface area contributed by atoms with E-state index >= 15 is 0 Å². The maximum Gasteiger partial charge on any atom is 0.251 e. The Morgan fingerprint density at radius 3 is 2.34 bits per heavy atom. The first-order valence-electron chi connectivity index (χ1n) is 10.3. The van der Waals surface area contributed by atoms with E-state index in [1.54, 1.807) is 31.4 Å². The minimum Gasteiger partial charge on any atom is -0.497 e. The highest BCUT2D eigenvalue weighted by Crippen LogP contribution is 2.26. The Balaban J connectivity index is 1.54. The van der Waals surface area contributed by atoms with Crippen LogP contribution in [-0.2, 0) is 11.3 Å². The number of benzene rings is 2. The van der Waals surface area contributed by atoms with Gasteiger partial charge >= 0.3 is 0 Å².